The summed E-state index contributed by atoms with van der Waals surface area (Å²) in [6, 6.07) is 2.78. The number of ether oxygens (including phenoxy) is 1. The molecule has 0 amide bonds. The molecule has 0 atom stereocenters. The van der Waals surface area contributed by atoms with Crippen molar-refractivity contribution in [3.05, 3.63) is 26.6 Å². The Labute approximate surface area is 121 Å². The van der Waals surface area contributed by atoms with Gasteiger partial charge in [0.15, 0.2) is 9.84 Å². The maximum atomic E-state index is 11.0. The van der Waals surface area contributed by atoms with Crippen molar-refractivity contribution in [1.82, 2.24) is 0 Å². The fraction of sp³-hybridized carbons (Fsp3) is 0.300. The molecule has 0 aromatic heterocycles. The van der Waals surface area contributed by atoms with Crippen LogP contribution in [0.5, 0.6) is 5.75 Å². The summed E-state index contributed by atoms with van der Waals surface area (Å²) in [7, 11) is -3.09. The van der Waals surface area contributed by atoms with E-state index in [2.05, 4.69) is 31.9 Å². The summed E-state index contributed by atoms with van der Waals surface area (Å²) in [4.78, 5) is 10.8. The lowest BCUT2D eigenvalue weighted by atomic mass is 10.2. The summed E-state index contributed by atoms with van der Waals surface area (Å²) in [5.41, 5.74) is 0.101. The van der Waals surface area contributed by atoms with E-state index in [0.29, 0.717) is 14.7 Å². The van der Waals surface area contributed by atoms with Crippen molar-refractivity contribution in [3.63, 3.8) is 0 Å². The van der Waals surface area contributed by atoms with Crippen LogP contribution in [0.25, 0.3) is 0 Å². The highest BCUT2D eigenvalue weighted by Gasteiger charge is 2.13. The highest BCUT2D eigenvalue weighted by Crippen LogP contribution is 2.34. The molecule has 1 rings (SSSR count). The fourth-order valence-corrected chi connectivity index (χ4v) is 2.92. The second-order valence-electron chi connectivity index (χ2n) is 3.55. The Balaban J connectivity index is 2.87. The van der Waals surface area contributed by atoms with Crippen LogP contribution in [0.1, 0.15) is 10.4 Å². The van der Waals surface area contributed by atoms with E-state index >= 15 is 0 Å². The van der Waals surface area contributed by atoms with Crippen LogP contribution in [0, 0.1) is 0 Å². The smallest absolute Gasteiger partial charge is 0.335 e. The molecule has 0 bridgehead atoms. The maximum absolute atomic E-state index is 11.0. The largest absolute Gasteiger partial charge is 0.490 e. The summed E-state index contributed by atoms with van der Waals surface area (Å²) in [5, 5.41) is 8.85. The van der Waals surface area contributed by atoms with Crippen molar-refractivity contribution in [3.8, 4) is 5.75 Å². The number of carboxylic acid groups (broad SMARTS) is 1. The van der Waals surface area contributed by atoms with E-state index in [4.69, 9.17) is 9.84 Å². The van der Waals surface area contributed by atoms with Crippen LogP contribution in [-0.4, -0.2) is 38.1 Å². The number of sulfone groups is 1. The Bertz CT molecular complexity index is 545. The van der Waals surface area contributed by atoms with Gasteiger partial charge in [0.05, 0.1) is 20.3 Å². The Hall–Kier alpha value is -0.600. The van der Waals surface area contributed by atoms with Crippen molar-refractivity contribution < 1.29 is 23.1 Å². The van der Waals surface area contributed by atoms with Crippen LogP contribution < -0.4 is 4.74 Å². The molecule has 0 aliphatic carbocycles. The molecule has 0 saturated heterocycles. The molecule has 0 radical (unpaired) electrons. The molecule has 0 fully saturated rings. The number of hydrogen-bond donors (Lipinski definition) is 1. The minimum atomic E-state index is -3.09. The predicted octanol–water partition coefficient (Wildman–Crippen LogP) is 2.33. The van der Waals surface area contributed by atoms with E-state index < -0.39 is 15.8 Å². The number of carboxylic acids is 1. The van der Waals surface area contributed by atoms with Crippen molar-refractivity contribution in [2.45, 2.75) is 0 Å². The molecular weight excluding hydrogens is 392 g/mol. The molecule has 1 aromatic rings. The summed E-state index contributed by atoms with van der Waals surface area (Å²) in [6.45, 7) is 0.00243. The molecule has 0 unspecified atom stereocenters. The fourth-order valence-electron chi connectivity index (χ4n) is 1.12. The van der Waals surface area contributed by atoms with E-state index in [1.165, 1.54) is 12.1 Å². The third-order valence-electron chi connectivity index (χ3n) is 1.95. The second-order valence-corrected chi connectivity index (χ2v) is 7.52. The first-order valence-electron chi connectivity index (χ1n) is 4.73. The third kappa shape index (κ3) is 4.58. The first-order valence-corrected chi connectivity index (χ1v) is 8.38. The number of benzene rings is 1. The number of hydrogen-bond acceptors (Lipinski definition) is 4. The van der Waals surface area contributed by atoms with E-state index in [-0.39, 0.29) is 17.9 Å². The molecular formula is C10H10Br2O5S. The standard InChI is InChI=1S/C10H10Br2O5S/c1-18(15,16)3-2-17-9-7(11)4-6(10(13)14)5-8(9)12/h4-5H,2-3H2,1H3,(H,13,14). The van der Waals surface area contributed by atoms with Gasteiger partial charge in [-0.1, -0.05) is 0 Å². The first kappa shape index (κ1) is 15.5. The third-order valence-corrected chi connectivity index (χ3v) is 4.03. The van der Waals surface area contributed by atoms with Gasteiger partial charge in [0, 0.05) is 6.26 Å². The minimum Gasteiger partial charge on any atom is -0.490 e. The van der Waals surface area contributed by atoms with E-state index in [1.807, 2.05) is 0 Å². The molecule has 5 nitrogen and oxygen atoms in total. The lowest BCUT2D eigenvalue weighted by Crippen LogP contribution is -2.12. The molecule has 1 aromatic carbocycles. The van der Waals surface area contributed by atoms with Gasteiger partial charge < -0.3 is 9.84 Å². The Kier molecular flexibility index (Phi) is 5.18. The lowest BCUT2D eigenvalue weighted by molar-refractivity contribution is 0.0696. The number of halogens is 2. The van der Waals surface area contributed by atoms with Gasteiger partial charge in [-0.3, -0.25) is 0 Å². The molecule has 0 aliphatic heterocycles. The molecule has 1 N–H and O–H groups in total. The van der Waals surface area contributed by atoms with E-state index in [9.17, 15) is 13.2 Å². The Morgan fingerprint density at radius 3 is 2.22 bits per heavy atom. The molecule has 18 heavy (non-hydrogen) atoms. The number of carbonyl (C=O) groups is 1. The summed E-state index contributed by atoms with van der Waals surface area (Å²) in [6.07, 6.45) is 1.12. The average Bonchev–Trinajstić information content (AvgIpc) is 2.20. The number of rotatable bonds is 5. The molecule has 100 valence electrons. The van der Waals surface area contributed by atoms with Gasteiger partial charge in [-0.2, -0.15) is 0 Å². The predicted molar refractivity (Wildman–Crippen MR) is 74.0 cm³/mol. The van der Waals surface area contributed by atoms with Gasteiger partial charge >= 0.3 is 5.97 Å². The first-order chi connectivity index (χ1) is 8.20. The summed E-state index contributed by atoms with van der Waals surface area (Å²) >= 11 is 6.36. The van der Waals surface area contributed by atoms with Gasteiger partial charge in [-0.05, 0) is 44.0 Å². The zero-order valence-corrected chi connectivity index (χ0v) is 13.3. The zero-order valence-electron chi connectivity index (χ0n) is 9.31. The molecule has 0 spiro atoms. The molecule has 0 saturated carbocycles. The Morgan fingerprint density at radius 1 is 1.33 bits per heavy atom. The van der Waals surface area contributed by atoms with E-state index in [1.54, 1.807) is 0 Å². The zero-order chi connectivity index (χ0) is 13.9. The van der Waals surface area contributed by atoms with Crippen LogP contribution in [0.4, 0.5) is 0 Å². The van der Waals surface area contributed by atoms with Crippen LogP contribution in [0.15, 0.2) is 21.1 Å². The SMILES string of the molecule is CS(=O)(=O)CCOc1c(Br)cc(C(=O)O)cc1Br. The van der Waals surface area contributed by atoms with Gasteiger partial charge in [0.2, 0.25) is 0 Å². The van der Waals surface area contributed by atoms with Gasteiger partial charge in [-0.15, -0.1) is 0 Å². The van der Waals surface area contributed by atoms with Gasteiger partial charge in [0.1, 0.15) is 12.4 Å². The van der Waals surface area contributed by atoms with Crippen LogP contribution in [0.2, 0.25) is 0 Å². The normalized spacial score (nSPS) is 11.3. The lowest BCUT2D eigenvalue weighted by Gasteiger charge is -2.10. The van der Waals surface area contributed by atoms with Crippen molar-refractivity contribution >= 4 is 47.7 Å². The van der Waals surface area contributed by atoms with Gasteiger partial charge in [-0.25, -0.2) is 13.2 Å². The topological polar surface area (TPSA) is 80.7 Å². The van der Waals surface area contributed by atoms with Crippen molar-refractivity contribution in [2.75, 3.05) is 18.6 Å². The molecule has 0 aliphatic rings. The van der Waals surface area contributed by atoms with Crippen molar-refractivity contribution in [2.24, 2.45) is 0 Å². The van der Waals surface area contributed by atoms with E-state index in [0.717, 1.165) is 6.26 Å². The molecule has 0 heterocycles. The van der Waals surface area contributed by atoms with Gasteiger partial charge in [0.25, 0.3) is 0 Å². The molecule has 8 heteroatoms. The monoisotopic (exact) mass is 400 g/mol. The minimum absolute atomic E-state index is 0.00243. The highest BCUT2D eigenvalue weighted by molar-refractivity contribution is 9.11. The summed E-state index contributed by atoms with van der Waals surface area (Å²) < 4.78 is 28.1. The van der Waals surface area contributed by atoms with Crippen LogP contribution >= 0.6 is 31.9 Å². The summed E-state index contributed by atoms with van der Waals surface area (Å²) in [5.74, 6) is -0.783. The number of aromatic carboxylic acids is 1. The van der Waals surface area contributed by atoms with Crippen molar-refractivity contribution in [1.29, 1.82) is 0 Å². The van der Waals surface area contributed by atoms with Crippen LogP contribution in [-0.2, 0) is 9.84 Å². The Morgan fingerprint density at radius 2 is 1.83 bits per heavy atom. The second kappa shape index (κ2) is 6.03. The van der Waals surface area contributed by atoms with Crippen LogP contribution in [0.3, 0.4) is 0 Å². The quantitative estimate of drug-likeness (QED) is 0.818. The maximum Gasteiger partial charge on any atom is 0.335 e. The highest BCUT2D eigenvalue weighted by atomic mass is 79.9. The average molecular weight is 402 g/mol.